The fourth-order valence-electron chi connectivity index (χ4n) is 7.03. The molecule has 1 nitrogen and oxygen atoms in total. The Kier molecular flexibility index (Phi) is 7.00. The first kappa shape index (κ1) is 27.2. The Labute approximate surface area is 265 Å². The average molecular weight is 578 g/mol. The summed E-state index contributed by atoms with van der Waals surface area (Å²) in [4.78, 5) is 0. The summed E-state index contributed by atoms with van der Waals surface area (Å²) < 4.78 is 2.28. The van der Waals surface area contributed by atoms with Crippen molar-refractivity contribution in [2.75, 3.05) is 0 Å². The maximum Gasteiger partial charge on any atom is 0.0489 e. The summed E-state index contributed by atoms with van der Waals surface area (Å²) in [6, 6.07) is 60.2. The van der Waals surface area contributed by atoms with Gasteiger partial charge in [-0.3, -0.25) is 0 Å². The minimum Gasteiger partial charge on any atom is -0.344 e. The van der Waals surface area contributed by atoms with Crippen LogP contribution in [0.15, 0.2) is 164 Å². The van der Waals surface area contributed by atoms with Crippen molar-refractivity contribution in [1.29, 1.82) is 0 Å². The largest absolute Gasteiger partial charge is 0.344 e. The molecule has 0 aliphatic carbocycles. The van der Waals surface area contributed by atoms with Crippen molar-refractivity contribution in [3.8, 4) is 22.3 Å². The lowest BCUT2D eigenvalue weighted by Crippen LogP contribution is -2.03. The zero-order valence-corrected chi connectivity index (χ0v) is 25.5. The van der Waals surface area contributed by atoms with E-state index in [0.717, 1.165) is 12.8 Å². The van der Waals surface area contributed by atoms with Gasteiger partial charge in [0, 0.05) is 34.8 Å². The number of para-hydroxylation sites is 1. The van der Waals surface area contributed by atoms with Gasteiger partial charge in [-0.2, -0.15) is 0 Å². The first-order chi connectivity index (χ1) is 22.2. The first-order valence-corrected chi connectivity index (χ1v) is 15.9. The summed E-state index contributed by atoms with van der Waals surface area (Å²) in [5.74, 6) is 0.345. The van der Waals surface area contributed by atoms with E-state index < -0.39 is 0 Å². The van der Waals surface area contributed by atoms with Crippen LogP contribution >= 0.6 is 0 Å². The maximum atomic E-state index is 2.35. The van der Waals surface area contributed by atoms with Crippen LogP contribution in [0.5, 0.6) is 0 Å². The van der Waals surface area contributed by atoms with Crippen LogP contribution < -0.4 is 0 Å². The highest BCUT2D eigenvalue weighted by Gasteiger charge is 2.15. The third-order valence-corrected chi connectivity index (χ3v) is 9.52. The molecule has 1 heteroatoms. The summed E-state index contributed by atoms with van der Waals surface area (Å²) in [6.07, 6.45) is 2.11. The Morgan fingerprint density at radius 1 is 0.444 bits per heavy atom. The zero-order chi connectivity index (χ0) is 30.2. The monoisotopic (exact) mass is 577 g/mol. The molecule has 0 spiro atoms. The average Bonchev–Trinajstić information content (AvgIpc) is 3.40. The second-order valence-corrected chi connectivity index (χ2v) is 12.2. The van der Waals surface area contributed by atoms with Gasteiger partial charge in [-0.05, 0) is 80.8 Å². The number of benzene rings is 7. The van der Waals surface area contributed by atoms with E-state index in [4.69, 9.17) is 0 Å². The van der Waals surface area contributed by atoms with Crippen molar-refractivity contribution in [3.63, 3.8) is 0 Å². The molecule has 0 radical (unpaired) electrons. The lowest BCUT2D eigenvalue weighted by Gasteiger charge is -2.19. The molecular weight excluding hydrogens is 542 g/mol. The normalized spacial score (nSPS) is 12.2. The van der Waals surface area contributed by atoms with E-state index in [1.165, 1.54) is 71.5 Å². The molecule has 0 aliphatic heterocycles. The van der Waals surface area contributed by atoms with Gasteiger partial charge in [0.25, 0.3) is 0 Å². The quantitative estimate of drug-likeness (QED) is 0.178. The third-order valence-electron chi connectivity index (χ3n) is 9.52. The molecule has 8 aromatic rings. The first-order valence-electron chi connectivity index (χ1n) is 15.9. The highest BCUT2D eigenvalue weighted by Crippen LogP contribution is 2.34. The summed E-state index contributed by atoms with van der Waals surface area (Å²) in [5, 5.41) is 5.23. The number of aromatic nitrogens is 1. The SMILES string of the molecule is Cn1c2ccccc2c2cc(-c3ccc(-c4ccc(C(CCc5ccc6ccccc6c5)c5ccccc5)cc4)cc3)ccc21. The number of fused-ring (bicyclic) bond motifs is 4. The minimum atomic E-state index is 0.345. The Bertz CT molecular complexity index is 2250. The molecule has 0 amide bonds. The van der Waals surface area contributed by atoms with Gasteiger partial charge >= 0.3 is 0 Å². The Morgan fingerprint density at radius 3 is 1.80 bits per heavy atom. The Hall–Kier alpha value is -5.40. The molecule has 1 atom stereocenters. The molecule has 0 bridgehead atoms. The van der Waals surface area contributed by atoms with Gasteiger partial charge < -0.3 is 4.57 Å². The van der Waals surface area contributed by atoms with E-state index in [1.54, 1.807) is 0 Å². The van der Waals surface area contributed by atoms with E-state index in [9.17, 15) is 0 Å². The predicted molar refractivity (Wildman–Crippen MR) is 192 cm³/mol. The van der Waals surface area contributed by atoms with Crippen LogP contribution in [0.4, 0.5) is 0 Å². The molecule has 0 N–H and O–H groups in total. The topological polar surface area (TPSA) is 4.93 Å². The smallest absolute Gasteiger partial charge is 0.0489 e. The molecule has 1 unspecified atom stereocenters. The van der Waals surface area contributed by atoms with Crippen molar-refractivity contribution < 1.29 is 0 Å². The molecule has 8 rings (SSSR count). The molecule has 0 saturated heterocycles. The fraction of sp³-hybridized carbons (Fsp3) is 0.0909. The van der Waals surface area contributed by atoms with Crippen molar-refractivity contribution in [2.45, 2.75) is 18.8 Å². The number of rotatable bonds is 7. The fourth-order valence-corrected chi connectivity index (χ4v) is 7.03. The highest BCUT2D eigenvalue weighted by atomic mass is 14.9. The van der Waals surface area contributed by atoms with Gasteiger partial charge in [0.05, 0.1) is 0 Å². The molecule has 216 valence electrons. The second-order valence-electron chi connectivity index (χ2n) is 12.2. The van der Waals surface area contributed by atoms with Crippen LogP contribution in [0.1, 0.15) is 29.0 Å². The Balaban J connectivity index is 1.04. The van der Waals surface area contributed by atoms with Gasteiger partial charge in [-0.25, -0.2) is 0 Å². The second kappa shape index (κ2) is 11.6. The molecule has 0 fully saturated rings. The van der Waals surface area contributed by atoms with Gasteiger partial charge in [-0.15, -0.1) is 0 Å². The van der Waals surface area contributed by atoms with E-state index in [2.05, 4.69) is 175 Å². The molecule has 45 heavy (non-hydrogen) atoms. The number of hydrogen-bond donors (Lipinski definition) is 0. The zero-order valence-electron chi connectivity index (χ0n) is 25.5. The van der Waals surface area contributed by atoms with Gasteiger partial charge in [-0.1, -0.05) is 146 Å². The van der Waals surface area contributed by atoms with Crippen molar-refractivity contribution in [1.82, 2.24) is 4.57 Å². The molecule has 7 aromatic carbocycles. The van der Waals surface area contributed by atoms with Gasteiger partial charge in [0.2, 0.25) is 0 Å². The van der Waals surface area contributed by atoms with Crippen molar-refractivity contribution in [3.05, 3.63) is 180 Å². The van der Waals surface area contributed by atoms with Crippen LogP contribution in [-0.4, -0.2) is 4.57 Å². The van der Waals surface area contributed by atoms with Crippen LogP contribution in [0, 0.1) is 0 Å². The maximum absolute atomic E-state index is 2.35. The van der Waals surface area contributed by atoms with Crippen LogP contribution in [0.25, 0.3) is 54.8 Å². The van der Waals surface area contributed by atoms with Crippen molar-refractivity contribution >= 4 is 32.6 Å². The van der Waals surface area contributed by atoms with Crippen molar-refractivity contribution in [2.24, 2.45) is 7.05 Å². The van der Waals surface area contributed by atoms with Crippen LogP contribution in [0.3, 0.4) is 0 Å². The molecule has 0 saturated carbocycles. The van der Waals surface area contributed by atoms with E-state index in [0.29, 0.717) is 5.92 Å². The van der Waals surface area contributed by atoms with Crippen LogP contribution in [0.2, 0.25) is 0 Å². The molecule has 1 heterocycles. The number of nitrogens with zero attached hydrogens (tertiary/aromatic N) is 1. The standard InChI is InChI=1S/C44H35N/c1-45-43-14-8-7-13-41(43)42-30-39(26-28-44(42)45)35-20-18-33(19-21-35)34-22-24-37(25-23-34)40(36-10-3-2-4-11-36)27-16-31-15-17-32-9-5-6-12-38(32)29-31/h2-15,17-26,28-30,40H,16,27H2,1H3. The van der Waals surface area contributed by atoms with E-state index in [1.807, 2.05) is 0 Å². The predicted octanol–water partition coefficient (Wildman–Crippen LogP) is 11.6. The molecular formula is C44H35N. The highest BCUT2D eigenvalue weighted by molar-refractivity contribution is 6.09. The van der Waals surface area contributed by atoms with Crippen LogP contribution in [-0.2, 0) is 13.5 Å². The van der Waals surface area contributed by atoms with Gasteiger partial charge in [0.1, 0.15) is 0 Å². The summed E-state index contributed by atoms with van der Waals surface area (Å²) in [7, 11) is 2.15. The summed E-state index contributed by atoms with van der Waals surface area (Å²) in [5.41, 5.74) is 11.6. The summed E-state index contributed by atoms with van der Waals surface area (Å²) in [6.45, 7) is 0. The van der Waals surface area contributed by atoms with Gasteiger partial charge in [0.15, 0.2) is 0 Å². The lowest BCUT2D eigenvalue weighted by molar-refractivity contribution is 0.716. The van der Waals surface area contributed by atoms with E-state index in [-0.39, 0.29) is 0 Å². The number of hydrogen-bond acceptors (Lipinski definition) is 0. The Morgan fingerprint density at radius 2 is 1.02 bits per heavy atom. The molecule has 0 aliphatic rings. The summed E-state index contributed by atoms with van der Waals surface area (Å²) >= 11 is 0. The lowest BCUT2D eigenvalue weighted by atomic mass is 9.85. The third kappa shape index (κ3) is 5.21. The number of aryl methyl sites for hydroxylation is 2. The van der Waals surface area contributed by atoms with E-state index >= 15 is 0 Å². The molecule has 1 aromatic heterocycles. The minimum absolute atomic E-state index is 0.345.